The Kier molecular flexibility index (Phi) is 20.1. The van der Waals surface area contributed by atoms with E-state index in [2.05, 4.69) is 92.4 Å². The van der Waals surface area contributed by atoms with E-state index in [0.29, 0.717) is 97.5 Å². The largest absolute Gasteiger partial charge is 0.478 e. The Bertz CT molecular complexity index is 1500. The zero-order valence-corrected chi connectivity index (χ0v) is 59.7. The van der Waals surface area contributed by atoms with E-state index in [1.807, 2.05) is 0 Å². The Morgan fingerprint density at radius 1 is 0.235 bits per heavy atom. The maximum Gasteiger partial charge on any atom is 0.478 e. The van der Waals surface area contributed by atoms with Crippen LogP contribution in [0.5, 0.6) is 0 Å². The molecule has 6 heterocycles. The van der Waals surface area contributed by atoms with Crippen molar-refractivity contribution < 1.29 is 75.9 Å². The van der Waals surface area contributed by atoms with Crippen LogP contribution >= 0.6 is 0 Å². The number of hydrogen-bond acceptors (Lipinski definition) is 18. The molecule has 6 rings (SSSR count). The van der Waals surface area contributed by atoms with Crippen molar-refractivity contribution in [2.45, 2.75) is 190 Å². The van der Waals surface area contributed by atoms with E-state index < -0.39 is 120 Å². The van der Waals surface area contributed by atoms with Crippen molar-refractivity contribution in [2.24, 2.45) is 0 Å². The van der Waals surface area contributed by atoms with Crippen molar-refractivity contribution in [3.05, 3.63) is 0 Å². The number of rotatable bonds is 28. The summed E-state index contributed by atoms with van der Waals surface area (Å²) in [5.74, 6) is 0. The summed E-state index contributed by atoms with van der Waals surface area (Å²) in [6.45, 7) is 30.7. The Labute approximate surface area is 426 Å². The van der Waals surface area contributed by atoms with Gasteiger partial charge < -0.3 is 75.9 Å². The molecule has 8 atom stereocenters. The third kappa shape index (κ3) is 15.3. The first-order valence-corrected chi connectivity index (χ1v) is 59.1. The van der Waals surface area contributed by atoms with Crippen LogP contribution in [0.3, 0.4) is 0 Å². The summed E-state index contributed by atoms with van der Waals surface area (Å²) in [5.41, 5.74) is 0. The van der Waals surface area contributed by atoms with Gasteiger partial charge in [-0.2, -0.15) is 0 Å². The second kappa shape index (κ2) is 22.3. The van der Waals surface area contributed by atoms with Crippen LogP contribution < -0.4 is 0 Å². The molecule has 6 fully saturated rings. The van der Waals surface area contributed by atoms with Gasteiger partial charge in [0.2, 0.25) is 0 Å². The molecular formula is C36H92O18Si14. The van der Waals surface area contributed by atoms with Gasteiger partial charge in [-0.15, -0.1) is 0 Å². The van der Waals surface area contributed by atoms with E-state index >= 15 is 0 Å². The van der Waals surface area contributed by atoms with Crippen LogP contribution in [0.1, 0.15) is 26.7 Å². The first kappa shape index (κ1) is 61.2. The van der Waals surface area contributed by atoms with Gasteiger partial charge >= 0.3 is 70.4 Å². The molecule has 400 valence electrons. The molecule has 0 aromatic carbocycles. The number of hydrogen-bond donors (Lipinski definition) is 0. The smallest absolute Gasteiger partial charge is 0.420 e. The van der Waals surface area contributed by atoms with Gasteiger partial charge in [0.15, 0.2) is 49.9 Å². The van der Waals surface area contributed by atoms with Gasteiger partial charge in [-0.05, 0) is 115 Å². The second-order valence-corrected chi connectivity index (χ2v) is 74.3. The van der Waals surface area contributed by atoms with Gasteiger partial charge in [0.05, 0.1) is 0 Å². The summed E-state index contributed by atoms with van der Waals surface area (Å²) in [6, 6.07) is 7.08. The van der Waals surface area contributed by atoms with Crippen LogP contribution in [0.15, 0.2) is 0 Å². The van der Waals surface area contributed by atoms with Crippen LogP contribution in [0.25, 0.3) is 0 Å². The van der Waals surface area contributed by atoms with E-state index in [9.17, 15) is 0 Å². The third-order valence-corrected chi connectivity index (χ3v) is 70.0. The third-order valence-electron chi connectivity index (χ3n) is 14.4. The highest BCUT2D eigenvalue weighted by Gasteiger charge is 2.83. The van der Waals surface area contributed by atoms with Crippen molar-refractivity contribution in [3.8, 4) is 0 Å². The average Bonchev–Trinajstić information content (AvgIpc) is 3.23. The SMILES string of the molecule is CCC[Si]12O[Si]3(CC[Si](C)(C)OC)O[Si]4(CC[Si](C)(C)OC)O[Si](CCC)(O1)O[Si@]1(CC[Si](C)(C)OC)O[Si](CC[Si](C)(C)OC)(O2)O[Si](CC[Si](C)(C)OC)(O3)O[Si](CC[Si](C)(C)OC)(O4)O1. The Hall–Kier alpha value is 2.32. The predicted molar refractivity (Wildman–Crippen MR) is 294 cm³/mol. The van der Waals surface area contributed by atoms with Crippen molar-refractivity contribution in [1.82, 2.24) is 0 Å². The molecule has 0 radical (unpaired) electrons. The molecule has 18 nitrogen and oxygen atoms in total. The monoisotopic (exact) mass is 1200 g/mol. The van der Waals surface area contributed by atoms with Crippen LogP contribution in [-0.2, 0) is 75.9 Å². The van der Waals surface area contributed by atoms with Gasteiger partial charge in [-0.25, -0.2) is 0 Å². The molecule has 0 amide bonds. The molecule has 7 unspecified atom stereocenters. The maximum absolute atomic E-state index is 8.12. The minimum absolute atomic E-state index is 0.377. The van der Waals surface area contributed by atoms with Crippen molar-refractivity contribution in [2.75, 3.05) is 42.7 Å². The molecular weight excluding hydrogens is 1110 g/mol. The normalized spacial score (nSPS) is 35.8. The first-order valence-electron chi connectivity index (χ1n) is 24.9. The van der Waals surface area contributed by atoms with Gasteiger partial charge in [0.25, 0.3) is 0 Å². The highest BCUT2D eigenvalue weighted by atomic mass is 28.6. The molecule has 0 N–H and O–H groups in total. The lowest BCUT2D eigenvalue weighted by atomic mass is 10.6. The zero-order chi connectivity index (χ0) is 51.0. The van der Waals surface area contributed by atoms with Crippen molar-refractivity contribution in [3.63, 3.8) is 0 Å². The van der Waals surface area contributed by atoms with Crippen LogP contribution in [0.4, 0.5) is 0 Å². The molecule has 0 aromatic heterocycles. The fourth-order valence-electron chi connectivity index (χ4n) is 8.52. The lowest BCUT2D eigenvalue weighted by Gasteiger charge is -2.63. The van der Waals surface area contributed by atoms with Gasteiger partial charge in [-0.3, -0.25) is 0 Å². The standard InChI is InChI=1S/C36H92O18Si14/c1-21-23-61-43-62(24-22-2)46-65(33-27-57(13,14)39-5)48-63(44-61,31-25-55(9,10)37-3)50-67(35-29-59(17,18)41-7)51-64(45-61,32-26-56(11,12)38-4)49-66(47-62,34-28-58(15,16)40-6)53-68(52-65,54-67)36-30-60(19,20)42-8/h21-36H2,1-20H3/t61?,62?,63-,64?,65?,66?,67?,68?/m1/s1. The minimum Gasteiger partial charge on any atom is -0.420 e. The molecule has 68 heavy (non-hydrogen) atoms. The van der Waals surface area contributed by atoms with E-state index in [0.717, 1.165) is 0 Å². The van der Waals surface area contributed by atoms with Gasteiger partial charge in [0, 0.05) is 91.0 Å². The molecule has 0 saturated carbocycles. The average molecular weight is 1210 g/mol. The molecule has 6 saturated heterocycles. The Balaban J connectivity index is 1.99. The highest BCUT2D eigenvalue weighted by Crippen LogP contribution is 2.56. The fraction of sp³-hybridized carbons (Fsp3) is 1.00. The van der Waals surface area contributed by atoms with Crippen LogP contribution in [0.2, 0.25) is 163 Å². The molecule has 32 heteroatoms. The first-order chi connectivity index (χ1) is 31.2. The highest BCUT2D eigenvalue weighted by molar-refractivity contribution is 7.04. The summed E-state index contributed by atoms with van der Waals surface area (Å²) in [7, 11) is -36.3. The maximum atomic E-state index is 8.12. The lowest BCUT2D eigenvalue weighted by molar-refractivity contribution is -0.0295. The summed E-state index contributed by atoms with van der Waals surface area (Å²) >= 11 is 0. The Morgan fingerprint density at radius 3 is 0.456 bits per heavy atom. The molecule has 0 aromatic rings. The molecule has 6 aliphatic rings. The predicted octanol–water partition coefficient (Wildman–Crippen LogP) is 9.69. The van der Waals surface area contributed by atoms with Gasteiger partial charge in [-0.1, -0.05) is 26.7 Å². The second-order valence-electron chi connectivity index (χ2n) is 23.0. The van der Waals surface area contributed by atoms with Gasteiger partial charge in [0.1, 0.15) is 0 Å². The summed E-state index contributed by atoms with van der Waals surface area (Å²) in [6.07, 6.45) is 1.35. The van der Waals surface area contributed by atoms with Crippen molar-refractivity contribution >= 4 is 120 Å². The topological polar surface area (TPSA) is 166 Å². The zero-order valence-electron chi connectivity index (χ0n) is 45.7. The quantitative estimate of drug-likeness (QED) is 0.0679. The minimum atomic E-state index is -4.21. The molecule has 0 aliphatic carbocycles. The van der Waals surface area contributed by atoms with E-state index in [-0.39, 0.29) is 0 Å². The van der Waals surface area contributed by atoms with E-state index in [1.54, 1.807) is 42.7 Å². The Morgan fingerprint density at radius 2 is 0.353 bits per heavy atom. The van der Waals surface area contributed by atoms with Crippen LogP contribution in [-0.4, -0.2) is 163 Å². The lowest BCUT2D eigenvalue weighted by Crippen LogP contribution is -2.88. The summed E-state index contributed by atoms with van der Waals surface area (Å²) < 4.78 is 134. The molecule has 6 aliphatic heterocycles. The van der Waals surface area contributed by atoms with E-state index in [1.165, 1.54) is 0 Å². The molecule has 0 spiro atoms. The fourth-order valence-corrected chi connectivity index (χ4v) is 78.3. The summed E-state index contributed by atoms with van der Waals surface area (Å²) in [5, 5.41) is 0. The van der Waals surface area contributed by atoms with Crippen LogP contribution in [0, 0.1) is 0 Å². The van der Waals surface area contributed by atoms with Crippen molar-refractivity contribution in [1.29, 1.82) is 0 Å². The van der Waals surface area contributed by atoms with E-state index in [4.69, 9.17) is 75.9 Å². The molecule has 8 bridgehead atoms. The summed E-state index contributed by atoms with van der Waals surface area (Å²) in [4.78, 5) is 0.